The maximum atomic E-state index is 11.3. The van der Waals surface area contributed by atoms with Gasteiger partial charge in [-0.05, 0) is 29.2 Å². The molecule has 3 N–H and O–H groups in total. The number of nitrogens with zero attached hydrogens (tertiary/aromatic N) is 4. The van der Waals surface area contributed by atoms with Crippen LogP contribution in [0.2, 0.25) is 0 Å². The molecule has 27 heavy (non-hydrogen) atoms. The van der Waals surface area contributed by atoms with Gasteiger partial charge in [-0.1, -0.05) is 0 Å². The lowest BCUT2D eigenvalue weighted by molar-refractivity contribution is -0.393. The molecule has 2 aromatic heterocycles. The number of hydrogen-bond acceptors (Lipinski definition) is 8. The molecule has 3 heterocycles. The molecule has 3 aromatic rings. The summed E-state index contributed by atoms with van der Waals surface area (Å²) in [7, 11) is 0. The number of aryl methyl sites for hydroxylation is 1. The number of rotatable bonds is 4. The van der Waals surface area contributed by atoms with Crippen LogP contribution < -0.4 is 15.8 Å². The zero-order chi connectivity index (χ0) is 19.0. The average molecular weight is 370 g/mol. The molecule has 0 bridgehead atoms. The monoisotopic (exact) mass is 370 g/mol. The zero-order valence-electron chi connectivity index (χ0n) is 14.5. The van der Waals surface area contributed by atoms with Crippen molar-refractivity contribution >= 4 is 22.4 Å². The SMILES string of the molecule is Cc1ncc([N+](=O)[O-])n1C1NCCOC1Oc1ccc2cc(N)ccc2n1. The number of hydrogen-bond donors (Lipinski definition) is 2. The fourth-order valence-electron chi connectivity index (χ4n) is 3.11. The number of nitrogens with two attached hydrogens (primary N) is 1. The van der Waals surface area contributed by atoms with Gasteiger partial charge in [0.25, 0.3) is 6.29 Å². The van der Waals surface area contributed by atoms with Gasteiger partial charge < -0.3 is 25.3 Å². The normalized spacial score (nSPS) is 19.9. The molecule has 0 aliphatic carbocycles. The minimum Gasteiger partial charge on any atom is -0.442 e. The highest BCUT2D eigenvalue weighted by Crippen LogP contribution is 2.27. The summed E-state index contributed by atoms with van der Waals surface area (Å²) in [5.74, 6) is 0.706. The van der Waals surface area contributed by atoms with E-state index in [0.29, 0.717) is 30.5 Å². The quantitative estimate of drug-likeness (QED) is 0.403. The first-order chi connectivity index (χ1) is 13.0. The molecule has 2 unspecified atom stereocenters. The van der Waals surface area contributed by atoms with Crippen molar-refractivity contribution in [2.24, 2.45) is 0 Å². The van der Waals surface area contributed by atoms with Crippen LogP contribution in [0.25, 0.3) is 10.9 Å². The maximum Gasteiger partial charge on any atom is 0.344 e. The summed E-state index contributed by atoms with van der Waals surface area (Å²) in [6.07, 6.45) is -0.184. The van der Waals surface area contributed by atoms with E-state index >= 15 is 0 Å². The maximum absolute atomic E-state index is 11.3. The van der Waals surface area contributed by atoms with E-state index < -0.39 is 17.4 Å². The van der Waals surface area contributed by atoms with Crippen LogP contribution in [0.4, 0.5) is 11.5 Å². The third kappa shape index (κ3) is 3.27. The topological polar surface area (TPSA) is 130 Å². The van der Waals surface area contributed by atoms with Gasteiger partial charge in [0.1, 0.15) is 6.20 Å². The predicted octanol–water partition coefficient (Wildman–Crippen LogP) is 1.75. The summed E-state index contributed by atoms with van der Waals surface area (Å²) >= 11 is 0. The molecule has 1 aliphatic rings. The second kappa shape index (κ2) is 6.82. The van der Waals surface area contributed by atoms with Crippen LogP contribution in [0.15, 0.2) is 36.5 Å². The lowest BCUT2D eigenvalue weighted by Crippen LogP contribution is -2.48. The molecule has 0 radical (unpaired) electrons. The van der Waals surface area contributed by atoms with Crippen LogP contribution in [0, 0.1) is 17.0 Å². The number of pyridine rings is 1. The van der Waals surface area contributed by atoms with E-state index in [9.17, 15) is 10.1 Å². The first-order valence-electron chi connectivity index (χ1n) is 8.39. The number of nitrogen functional groups attached to an aromatic ring is 1. The number of nitro groups is 1. The van der Waals surface area contributed by atoms with Gasteiger partial charge in [-0.2, -0.15) is 4.57 Å². The van der Waals surface area contributed by atoms with Crippen molar-refractivity contribution < 1.29 is 14.4 Å². The van der Waals surface area contributed by atoms with Gasteiger partial charge in [0, 0.05) is 30.6 Å². The Kier molecular flexibility index (Phi) is 4.34. The number of benzene rings is 1. The van der Waals surface area contributed by atoms with E-state index in [-0.39, 0.29) is 5.82 Å². The van der Waals surface area contributed by atoms with Crippen LogP contribution in [0.5, 0.6) is 5.88 Å². The summed E-state index contributed by atoms with van der Waals surface area (Å²) in [5, 5.41) is 15.4. The minimum absolute atomic E-state index is 0.133. The summed E-state index contributed by atoms with van der Waals surface area (Å²) in [4.78, 5) is 19.4. The van der Waals surface area contributed by atoms with E-state index in [0.717, 1.165) is 10.9 Å². The van der Waals surface area contributed by atoms with Crippen molar-refractivity contribution in [2.45, 2.75) is 19.4 Å². The largest absolute Gasteiger partial charge is 0.442 e. The molecule has 1 saturated heterocycles. The molecule has 1 fully saturated rings. The van der Waals surface area contributed by atoms with E-state index in [4.69, 9.17) is 15.2 Å². The smallest absolute Gasteiger partial charge is 0.344 e. The van der Waals surface area contributed by atoms with Crippen LogP contribution in [-0.2, 0) is 4.74 Å². The highest BCUT2D eigenvalue weighted by molar-refractivity contribution is 5.82. The molecular formula is C17H18N6O4. The number of morpholine rings is 1. The van der Waals surface area contributed by atoms with Crippen molar-refractivity contribution in [1.29, 1.82) is 0 Å². The van der Waals surface area contributed by atoms with Gasteiger partial charge in [0.05, 0.1) is 12.1 Å². The zero-order valence-corrected chi connectivity index (χ0v) is 14.5. The molecule has 0 spiro atoms. The second-order valence-electron chi connectivity index (χ2n) is 6.15. The van der Waals surface area contributed by atoms with E-state index in [2.05, 4.69) is 15.3 Å². The Morgan fingerprint density at radius 3 is 3.07 bits per heavy atom. The van der Waals surface area contributed by atoms with Gasteiger partial charge in [-0.25, -0.2) is 9.97 Å². The predicted molar refractivity (Wildman–Crippen MR) is 97.2 cm³/mol. The van der Waals surface area contributed by atoms with Crippen molar-refractivity contribution in [2.75, 3.05) is 18.9 Å². The average Bonchev–Trinajstić information content (AvgIpc) is 3.04. The Morgan fingerprint density at radius 2 is 2.26 bits per heavy atom. The molecule has 0 saturated carbocycles. The Morgan fingerprint density at radius 1 is 1.41 bits per heavy atom. The highest BCUT2D eigenvalue weighted by atomic mass is 16.7. The van der Waals surface area contributed by atoms with E-state index in [1.54, 1.807) is 25.1 Å². The van der Waals surface area contributed by atoms with Crippen molar-refractivity contribution in [1.82, 2.24) is 19.9 Å². The number of ether oxygens (including phenoxy) is 2. The number of imidazole rings is 1. The number of nitrogens with one attached hydrogen (secondary N) is 1. The lowest BCUT2D eigenvalue weighted by atomic mass is 10.2. The summed E-state index contributed by atoms with van der Waals surface area (Å²) in [6, 6.07) is 8.96. The molecule has 2 atom stereocenters. The third-order valence-corrected chi connectivity index (χ3v) is 4.35. The van der Waals surface area contributed by atoms with Crippen molar-refractivity contribution in [3.63, 3.8) is 0 Å². The second-order valence-corrected chi connectivity index (χ2v) is 6.15. The number of fused-ring (bicyclic) bond motifs is 1. The van der Waals surface area contributed by atoms with Gasteiger partial charge in [-0.3, -0.25) is 5.32 Å². The van der Waals surface area contributed by atoms with E-state index in [1.807, 2.05) is 12.1 Å². The highest BCUT2D eigenvalue weighted by Gasteiger charge is 2.37. The van der Waals surface area contributed by atoms with Gasteiger partial charge in [0.2, 0.25) is 12.0 Å². The minimum atomic E-state index is -0.802. The summed E-state index contributed by atoms with van der Waals surface area (Å²) in [5.41, 5.74) is 7.17. The molecule has 4 rings (SSSR count). The van der Waals surface area contributed by atoms with Crippen LogP contribution in [0.3, 0.4) is 0 Å². The molecule has 1 aromatic carbocycles. The molecule has 140 valence electrons. The van der Waals surface area contributed by atoms with Crippen LogP contribution >= 0.6 is 0 Å². The summed E-state index contributed by atoms with van der Waals surface area (Å²) in [6.45, 7) is 2.63. The molecule has 10 nitrogen and oxygen atoms in total. The third-order valence-electron chi connectivity index (χ3n) is 4.35. The molecule has 1 aliphatic heterocycles. The lowest BCUT2D eigenvalue weighted by Gasteiger charge is -2.30. The van der Waals surface area contributed by atoms with Gasteiger partial charge >= 0.3 is 5.82 Å². The number of aromatic nitrogens is 3. The Hall–Kier alpha value is -3.24. The van der Waals surface area contributed by atoms with Gasteiger partial charge in [0.15, 0.2) is 5.82 Å². The summed E-state index contributed by atoms with van der Waals surface area (Å²) < 4.78 is 13.1. The first kappa shape index (κ1) is 17.2. The van der Waals surface area contributed by atoms with Crippen LogP contribution in [0.1, 0.15) is 12.0 Å². The first-order valence-corrected chi connectivity index (χ1v) is 8.39. The molecule has 0 amide bonds. The fourth-order valence-corrected chi connectivity index (χ4v) is 3.11. The Labute approximate surface area is 154 Å². The van der Waals surface area contributed by atoms with Crippen molar-refractivity contribution in [3.8, 4) is 5.88 Å². The fraction of sp³-hybridized carbons (Fsp3) is 0.294. The van der Waals surface area contributed by atoms with E-state index in [1.165, 1.54) is 10.8 Å². The standard InChI is InChI=1S/C17H18N6O4/c1-10-20-9-15(23(24)25)22(10)16-17(26-7-6-19-16)27-14-5-2-11-8-12(18)3-4-13(11)21-14/h2-5,8-9,16-17,19H,6-7,18H2,1H3. The van der Waals surface area contributed by atoms with Gasteiger partial charge in [-0.15, -0.1) is 0 Å². The number of anilines is 1. The Balaban J connectivity index is 1.65. The van der Waals surface area contributed by atoms with Crippen molar-refractivity contribution in [3.05, 3.63) is 52.5 Å². The van der Waals surface area contributed by atoms with Crippen LogP contribution in [-0.4, -0.2) is 38.9 Å². The Bertz CT molecular complexity index is 1000. The molecular weight excluding hydrogens is 352 g/mol. The molecule has 10 heteroatoms.